The fourth-order valence-corrected chi connectivity index (χ4v) is 2.52. The summed E-state index contributed by atoms with van der Waals surface area (Å²) >= 11 is 6.25. The highest BCUT2D eigenvalue weighted by Crippen LogP contribution is 2.33. The normalized spacial score (nSPS) is 10.2. The highest BCUT2D eigenvalue weighted by molar-refractivity contribution is 6.31. The summed E-state index contributed by atoms with van der Waals surface area (Å²) < 4.78 is 16.1. The Bertz CT molecular complexity index is 733. The van der Waals surface area contributed by atoms with Gasteiger partial charge >= 0.3 is 0 Å². The van der Waals surface area contributed by atoms with Gasteiger partial charge in [0.1, 0.15) is 5.75 Å². The maximum absolute atomic E-state index is 12.5. The average molecular weight is 364 g/mol. The van der Waals surface area contributed by atoms with Gasteiger partial charge < -0.3 is 19.5 Å². The summed E-state index contributed by atoms with van der Waals surface area (Å²) in [5, 5.41) is 3.36. The molecule has 0 saturated heterocycles. The molecule has 25 heavy (non-hydrogen) atoms. The van der Waals surface area contributed by atoms with Crippen LogP contribution in [-0.2, 0) is 6.54 Å². The Labute approximate surface area is 152 Å². The minimum absolute atomic E-state index is 0.224. The van der Waals surface area contributed by atoms with Crippen LogP contribution in [-0.4, -0.2) is 26.7 Å². The van der Waals surface area contributed by atoms with Crippen molar-refractivity contribution in [2.45, 2.75) is 19.9 Å². The molecule has 0 bridgehead atoms. The molecule has 0 aliphatic carbocycles. The SMILES string of the molecule is CCCOc1ccccc1C(=O)NCc1cc(OC)c(OC)cc1Cl. The molecule has 0 aromatic heterocycles. The molecule has 0 aliphatic heterocycles. The summed E-state index contributed by atoms with van der Waals surface area (Å²) in [5.74, 6) is 1.45. The zero-order valence-electron chi connectivity index (χ0n) is 14.6. The van der Waals surface area contributed by atoms with E-state index in [1.165, 1.54) is 0 Å². The summed E-state index contributed by atoms with van der Waals surface area (Å²) in [5.41, 5.74) is 1.23. The number of ether oxygens (including phenoxy) is 3. The van der Waals surface area contributed by atoms with E-state index in [9.17, 15) is 4.79 Å². The summed E-state index contributed by atoms with van der Waals surface area (Å²) in [6, 6.07) is 10.6. The van der Waals surface area contributed by atoms with Gasteiger partial charge in [-0.3, -0.25) is 4.79 Å². The van der Waals surface area contributed by atoms with E-state index in [-0.39, 0.29) is 12.5 Å². The molecule has 0 unspecified atom stereocenters. The average Bonchev–Trinajstić information content (AvgIpc) is 2.65. The lowest BCUT2D eigenvalue weighted by atomic mass is 10.1. The molecule has 2 rings (SSSR count). The van der Waals surface area contributed by atoms with E-state index in [4.69, 9.17) is 25.8 Å². The van der Waals surface area contributed by atoms with Gasteiger partial charge in [0.2, 0.25) is 0 Å². The number of carbonyl (C=O) groups excluding carboxylic acids is 1. The van der Waals surface area contributed by atoms with Crippen molar-refractivity contribution in [3.05, 3.63) is 52.5 Å². The standard InChI is InChI=1S/C19H22ClNO4/c1-4-9-25-16-8-6-5-7-14(16)19(22)21-12-13-10-17(23-2)18(24-3)11-15(13)20/h5-8,10-11H,4,9,12H2,1-3H3,(H,21,22). The van der Waals surface area contributed by atoms with Gasteiger partial charge in [-0.15, -0.1) is 0 Å². The van der Waals surface area contributed by atoms with Crippen LogP contribution >= 0.6 is 11.6 Å². The van der Waals surface area contributed by atoms with Crippen molar-refractivity contribution in [1.29, 1.82) is 0 Å². The Morgan fingerprint density at radius 1 is 1.08 bits per heavy atom. The molecule has 5 nitrogen and oxygen atoms in total. The molecule has 1 N–H and O–H groups in total. The van der Waals surface area contributed by atoms with Crippen LogP contribution in [0.1, 0.15) is 29.3 Å². The first kappa shape index (κ1) is 18.9. The molecule has 0 heterocycles. The molecular weight excluding hydrogens is 342 g/mol. The van der Waals surface area contributed by atoms with Crippen LogP contribution in [0.4, 0.5) is 0 Å². The van der Waals surface area contributed by atoms with Crippen LogP contribution in [0.25, 0.3) is 0 Å². The first-order valence-corrected chi connectivity index (χ1v) is 8.38. The molecule has 0 spiro atoms. The van der Waals surface area contributed by atoms with Gasteiger partial charge in [-0.25, -0.2) is 0 Å². The van der Waals surface area contributed by atoms with Crippen LogP contribution in [0.3, 0.4) is 0 Å². The first-order chi connectivity index (χ1) is 12.1. The number of halogens is 1. The first-order valence-electron chi connectivity index (χ1n) is 8.01. The lowest BCUT2D eigenvalue weighted by Gasteiger charge is -2.14. The minimum atomic E-state index is -0.224. The molecule has 0 radical (unpaired) electrons. The van der Waals surface area contributed by atoms with Gasteiger partial charge in [-0.2, -0.15) is 0 Å². The zero-order chi connectivity index (χ0) is 18.2. The van der Waals surface area contributed by atoms with Crippen LogP contribution in [0.5, 0.6) is 17.2 Å². The van der Waals surface area contributed by atoms with E-state index >= 15 is 0 Å². The van der Waals surface area contributed by atoms with E-state index < -0.39 is 0 Å². The van der Waals surface area contributed by atoms with Crippen molar-refractivity contribution >= 4 is 17.5 Å². The Morgan fingerprint density at radius 3 is 2.44 bits per heavy atom. The number of para-hydroxylation sites is 1. The minimum Gasteiger partial charge on any atom is -0.493 e. The molecule has 0 aliphatic rings. The molecule has 134 valence electrons. The van der Waals surface area contributed by atoms with Crippen molar-refractivity contribution < 1.29 is 19.0 Å². The van der Waals surface area contributed by atoms with Crippen molar-refractivity contribution in [1.82, 2.24) is 5.32 Å². The van der Waals surface area contributed by atoms with E-state index in [2.05, 4.69) is 5.32 Å². The van der Waals surface area contributed by atoms with Gasteiger partial charge in [-0.1, -0.05) is 30.7 Å². The maximum Gasteiger partial charge on any atom is 0.255 e. The Balaban J connectivity index is 2.13. The second-order valence-electron chi connectivity index (χ2n) is 5.33. The number of hydrogen-bond acceptors (Lipinski definition) is 4. The predicted molar refractivity (Wildman–Crippen MR) is 98.0 cm³/mol. The predicted octanol–water partition coefficient (Wildman–Crippen LogP) is 4.08. The summed E-state index contributed by atoms with van der Waals surface area (Å²) in [4.78, 5) is 12.5. The molecule has 2 aromatic rings. The van der Waals surface area contributed by atoms with E-state index in [1.54, 1.807) is 44.6 Å². The zero-order valence-corrected chi connectivity index (χ0v) is 15.4. The highest BCUT2D eigenvalue weighted by atomic mass is 35.5. The second-order valence-corrected chi connectivity index (χ2v) is 5.73. The van der Waals surface area contributed by atoms with Gasteiger partial charge in [0.05, 0.1) is 26.4 Å². The van der Waals surface area contributed by atoms with Gasteiger partial charge in [-0.05, 0) is 30.2 Å². The van der Waals surface area contributed by atoms with Crippen molar-refractivity contribution in [3.8, 4) is 17.2 Å². The monoisotopic (exact) mass is 363 g/mol. The maximum atomic E-state index is 12.5. The number of carbonyl (C=O) groups is 1. The summed E-state index contributed by atoms with van der Waals surface area (Å²) in [6.07, 6.45) is 0.872. The van der Waals surface area contributed by atoms with Crippen LogP contribution in [0.15, 0.2) is 36.4 Å². The molecule has 6 heteroatoms. The summed E-state index contributed by atoms with van der Waals surface area (Å²) in [7, 11) is 3.10. The van der Waals surface area contributed by atoms with Crippen LogP contribution < -0.4 is 19.5 Å². The van der Waals surface area contributed by atoms with Crippen molar-refractivity contribution in [2.75, 3.05) is 20.8 Å². The second kappa shape index (κ2) is 9.18. The van der Waals surface area contributed by atoms with Crippen LogP contribution in [0.2, 0.25) is 5.02 Å². The summed E-state index contributed by atoms with van der Waals surface area (Å²) in [6.45, 7) is 2.84. The third-order valence-corrected chi connectivity index (χ3v) is 3.94. The van der Waals surface area contributed by atoms with Gasteiger partial charge in [0.25, 0.3) is 5.91 Å². The number of methoxy groups -OCH3 is 2. The Morgan fingerprint density at radius 2 is 1.76 bits per heavy atom. The molecule has 0 fully saturated rings. The largest absolute Gasteiger partial charge is 0.493 e. The molecular formula is C19H22ClNO4. The molecule has 0 atom stereocenters. The molecule has 0 saturated carbocycles. The van der Waals surface area contributed by atoms with Gasteiger partial charge in [0, 0.05) is 17.6 Å². The Kier molecular flexibility index (Phi) is 6.95. The van der Waals surface area contributed by atoms with Gasteiger partial charge in [0.15, 0.2) is 11.5 Å². The van der Waals surface area contributed by atoms with E-state index in [0.29, 0.717) is 34.4 Å². The van der Waals surface area contributed by atoms with Crippen molar-refractivity contribution in [3.63, 3.8) is 0 Å². The quantitative estimate of drug-likeness (QED) is 0.767. The van der Waals surface area contributed by atoms with E-state index in [1.807, 2.05) is 13.0 Å². The number of hydrogen-bond donors (Lipinski definition) is 1. The smallest absolute Gasteiger partial charge is 0.255 e. The Hall–Kier alpha value is -2.40. The topological polar surface area (TPSA) is 56.8 Å². The molecule has 1 amide bonds. The third kappa shape index (κ3) is 4.79. The third-order valence-electron chi connectivity index (χ3n) is 3.59. The van der Waals surface area contributed by atoms with E-state index in [0.717, 1.165) is 12.0 Å². The number of rotatable bonds is 8. The highest BCUT2D eigenvalue weighted by Gasteiger charge is 2.14. The fraction of sp³-hybridized carbons (Fsp3) is 0.316. The lowest BCUT2D eigenvalue weighted by Crippen LogP contribution is -2.23. The fourth-order valence-electron chi connectivity index (χ4n) is 2.29. The van der Waals surface area contributed by atoms with Crippen LogP contribution in [0, 0.1) is 0 Å². The number of amides is 1. The molecule has 2 aromatic carbocycles. The van der Waals surface area contributed by atoms with Crippen molar-refractivity contribution in [2.24, 2.45) is 0 Å². The number of benzene rings is 2. The lowest BCUT2D eigenvalue weighted by molar-refractivity contribution is 0.0947. The number of nitrogens with one attached hydrogen (secondary N) is 1.